The maximum Gasteiger partial charge on any atom is 0.294 e. The highest BCUT2D eigenvalue weighted by Crippen LogP contribution is 2.47. The molecule has 0 bridgehead atoms. The third kappa shape index (κ3) is 4.09. The van der Waals surface area contributed by atoms with E-state index in [2.05, 4.69) is 53.4 Å². The predicted octanol–water partition coefficient (Wildman–Crippen LogP) is 5.56. The molecule has 6 heteroatoms. The first-order valence-electron chi connectivity index (χ1n) is 9.22. The fourth-order valence-corrected chi connectivity index (χ4v) is 5.02. The number of hydrogen-bond donors (Lipinski definition) is 1. The minimum atomic E-state index is -4.12. The van der Waals surface area contributed by atoms with Crippen molar-refractivity contribution in [2.45, 2.75) is 33.9 Å². The molecule has 3 aromatic rings. The molecule has 3 aromatic carbocycles. The molecule has 0 aromatic heterocycles. The zero-order valence-corrected chi connectivity index (χ0v) is 16.9. The van der Waals surface area contributed by atoms with Crippen molar-refractivity contribution < 1.29 is 13.0 Å². The normalized spacial score (nSPS) is 13.1. The standard InChI is InChI=1S/C22H21NO3S2/c24-28(25,26)18-14-12-17(13-15-18)7-5-6-16-23-19-8-1-3-10-21(19)27-22-11-4-2-9-20(22)23/h1-4,8-15H,5-7,16H2,(H,24,25,26). The first-order valence-corrected chi connectivity index (χ1v) is 11.5. The van der Waals surface area contributed by atoms with E-state index in [0.29, 0.717) is 0 Å². The fraction of sp³-hybridized carbons (Fsp3) is 0.182. The second-order valence-electron chi connectivity index (χ2n) is 6.77. The zero-order chi connectivity index (χ0) is 19.6. The van der Waals surface area contributed by atoms with Gasteiger partial charge in [-0.3, -0.25) is 4.55 Å². The van der Waals surface area contributed by atoms with E-state index in [4.69, 9.17) is 4.55 Å². The molecule has 0 radical (unpaired) electrons. The minimum Gasteiger partial charge on any atom is -0.340 e. The van der Waals surface area contributed by atoms with Crippen LogP contribution in [-0.2, 0) is 16.5 Å². The molecule has 1 N–H and O–H groups in total. The summed E-state index contributed by atoms with van der Waals surface area (Å²) in [7, 11) is -4.12. The summed E-state index contributed by atoms with van der Waals surface area (Å²) in [6.45, 7) is 0.928. The third-order valence-electron chi connectivity index (χ3n) is 4.85. The Morgan fingerprint density at radius 3 is 1.93 bits per heavy atom. The monoisotopic (exact) mass is 411 g/mol. The summed E-state index contributed by atoms with van der Waals surface area (Å²) < 4.78 is 31.3. The number of rotatable bonds is 6. The van der Waals surface area contributed by atoms with Crippen molar-refractivity contribution >= 4 is 33.3 Å². The fourth-order valence-electron chi connectivity index (χ4n) is 3.45. The van der Waals surface area contributed by atoms with Gasteiger partial charge in [-0.25, -0.2) is 0 Å². The number of nitrogens with zero attached hydrogens (tertiary/aromatic N) is 1. The maximum absolute atomic E-state index is 11.1. The number of hydrogen-bond acceptors (Lipinski definition) is 4. The lowest BCUT2D eigenvalue weighted by Crippen LogP contribution is -2.21. The molecule has 28 heavy (non-hydrogen) atoms. The van der Waals surface area contributed by atoms with Crippen LogP contribution < -0.4 is 4.90 Å². The second-order valence-corrected chi connectivity index (χ2v) is 9.27. The van der Waals surface area contributed by atoms with Crippen molar-refractivity contribution in [3.63, 3.8) is 0 Å². The Morgan fingerprint density at radius 2 is 1.36 bits per heavy atom. The van der Waals surface area contributed by atoms with Crippen molar-refractivity contribution in [2.75, 3.05) is 11.4 Å². The average molecular weight is 412 g/mol. The van der Waals surface area contributed by atoms with Crippen LogP contribution in [0.1, 0.15) is 18.4 Å². The van der Waals surface area contributed by atoms with E-state index in [0.717, 1.165) is 31.4 Å². The summed E-state index contributed by atoms with van der Waals surface area (Å²) in [6, 6.07) is 23.4. The maximum atomic E-state index is 11.1. The molecule has 0 spiro atoms. The highest BCUT2D eigenvalue weighted by atomic mass is 32.2. The van der Waals surface area contributed by atoms with Gasteiger partial charge >= 0.3 is 0 Å². The molecule has 0 saturated heterocycles. The van der Waals surface area contributed by atoms with Gasteiger partial charge in [0, 0.05) is 16.3 Å². The summed E-state index contributed by atoms with van der Waals surface area (Å²) in [5, 5.41) is 0. The lowest BCUT2D eigenvalue weighted by molar-refractivity contribution is 0.483. The van der Waals surface area contributed by atoms with Crippen LogP contribution in [-0.4, -0.2) is 19.5 Å². The van der Waals surface area contributed by atoms with Crippen LogP contribution in [0.4, 0.5) is 11.4 Å². The van der Waals surface area contributed by atoms with Crippen LogP contribution in [0.15, 0.2) is 87.5 Å². The van der Waals surface area contributed by atoms with Gasteiger partial charge in [0.2, 0.25) is 0 Å². The van der Waals surface area contributed by atoms with Crippen molar-refractivity contribution in [1.82, 2.24) is 0 Å². The zero-order valence-electron chi connectivity index (χ0n) is 15.3. The van der Waals surface area contributed by atoms with E-state index in [1.165, 1.54) is 33.3 Å². The summed E-state index contributed by atoms with van der Waals surface area (Å²) >= 11 is 1.81. The number of fused-ring (bicyclic) bond motifs is 2. The molecule has 0 unspecified atom stereocenters. The molecular weight excluding hydrogens is 390 g/mol. The van der Waals surface area contributed by atoms with Crippen molar-refractivity contribution in [1.29, 1.82) is 0 Å². The lowest BCUT2D eigenvalue weighted by atomic mass is 10.1. The quantitative estimate of drug-likeness (QED) is 0.425. The van der Waals surface area contributed by atoms with Gasteiger partial charge < -0.3 is 4.90 Å². The van der Waals surface area contributed by atoms with Crippen LogP contribution in [0.2, 0.25) is 0 Å². The van der Waals surface area contributed by atoms with E-state index in [1.807, 2.05) is 11.8 Å². The summed E-state index contributed by atoms with van der Waals surface area (Å²) in [6.07, 6.45) is 2.89. The number of para-hydroxylation sites is 2. The molecule has 1 aliphatic rings. The topological polar surface area (TPSA) is 57.6 Å². The van der Waals surface area contributed by atoms with Crippen LogP contribution in [0.25, 0.3) is 0 Å². The largest absolute Gasteiger partial charge is 0.340 e. The van der Waals surface area contributed by atoms with Gasteiger partial charge in [-0.15, -0.1) is 0 Å². The predicted molar refractivity (Wildman–Crippen MR) is 113 cm³/mol. The second kappa shape index (κ2) is 7.99. The Morgan fingerprint density at radius 1 is 0.786 bits per heavy atom. The van der Waals surface area contributed by atoms with Crippen molar-refractivity contribution in [3.05, 3.63) is 78.4 Å². The Labute approximate surface area is 170 Å². The number of benzene rings is 3. The Balaban J connectivity index is 1.42. The van der Waals surface area contributed by atoms with E-state index in [9.17, 15) is 8.42 Å². The van der Waals surface area contributed by atoms with Crippen LogP contribution in [0, 0.1) is 0 Å². The first-order chi connectivity index (χ1) is 13.5. The van der Waals surface area contributed by atoms with E-state index < -0.39 is 10.1 Å². The van der Waals surface area contributed by atoms with Gasteiger partial charge in [-0.05, 0) is 61.2 Å². The molecule has 0 fully saturated rings. The Hall–Kier alpha value is -2.28. The van der Waals surface area contributed by atoms with Crippen LogP contribution in [0.3, 0.4) is 0 Å². The van der Waals surface area contributed by atoms with Gasteiger partial charge in [-0.2, -0.15) is 8.42 Å². The number of unbranched alkanes of at least 4 members (excludes halogenated alkanes) is 1. The first kappa shape index (κ1) is 19.1. The SMILES string of the molecule is O=S(=O)(O)c1ccc(CCCCN2c3ccccc3Sc3ccccc32)cc1. The molecule has 1 heterocycles. The molecule has 0 amide bonds. The molecule has 0 atom stereocenters. The highest BCUT2D eigenvalue weighted by Gasteiger charge is 2.22. The summed E-state index contributed by atoms with van der Waals surface area (Å²) in [4.78, 5) is 4.89. The van der Waals surface area contributed by atoms with Gasteiger partial charge in [0.05, 0.1) is 16.3 Å². The van der Waals surface area contributed by atoms with E-state index >= 15 is 0 Å². The van der Waals surface area contributed by atoms with Gasteiger partial charge in [0.1, 0.15) is 0 Å². The van der Waals surface area contributed by atoms with Gasteiger partial charge in [0.15, 0.2) is 0 Å². The van der Waals surface area contributed by atoms with E-state index in [-0.39, 0.29) is 4.90 Å². The lowest BCUT2D eigenvalue weighted by Gasteiger charge is -2.32. The van der Waals surface area contributed by atoms with Crippen molar-refractivity contribution in [2.24, 2.45) is 0 Å². The van der Waals surface area contributed by atoms with E-state index in [1.54, 1.807) is 12.1 Å². The molecule has 1 aliphatic heterocycles. The molecular formula is C22H21NO3S2. The molecule has 0 aliphatic carbocycles. The molecule has 0 saturated carbocycles. The molecule has 4 nitrogen and oxygen atoms in total. The Bertz CT molecular complexity index is 1030. The van der Waals surface area contributed by atoms with Gasteiger partial charge in [-0.1, -0.05) is 48.2 Å². The minimum absolute atomic E-state index is 0.0599. The summed E-state index contributed by atoms with van der Waals surface area (Å²) in [5.74, 6) is 0. The van der Waals surface area contributed by atoms with Gasteiger partial charge in [0.25, 0.3) is 10.1 Å². The Kier molecular flexibility index (Phi) is 5.44. The third-order valence-corrected chi connectivity index (χ3v) is 6.85. The summed E-state index contributed by atoms with van der Waals surface area (Å²) in [5.41, 5.74) is 3.58. The highest BCUT2D eigenvalue weighted by molar-refractivity contribution is 7.99. The van der Waals surface area contributed by atoms with Crippen LogP contribution >= 0.6 is 11.8 Å². The van der Waals surface area contributed by atoms with Crippen molar-refractivity contribution in [3.8, 4) is 0 Å². The smallest absolute Gasteiger partial charge is 0.294 e. The molecule has 144 valence electrons. The van der Waals surface area contributed by atoms with Crippen LogP contribution in [0.5, 0.6) is 0 Å². The number of aryl methyl sites for hydroxylation is 1. The number of anilines is 2. The average Bonchev–Trinajstić information content (AvgIpc) is 2.70. The molecule has 4 rings (SSSR count).